The summed E-state index contributed by atoms with van der Waals surface area (Å²) in [5, 5.41) is 3.37. The molecule has 16 heavy (non-hydrogen) atoms. The Balaban J connectivity index is 2.18. The van der Waals surface area contributed by atoms with Gasteiger partial charge < -0.3 is 4.74 Å². The van der Waals surface area contributed by atoms with E-state index in [-0.39, 0.29) is 12.0 Å². The second-order valence-corrected chi connectivity index (χ2v) is 4.39. The number of nitrogens with one attached hydrogen (secondary N) is 1. The molecule has 1 aliphatic rings. The molecule has 2 atom stereocenters. The van der Waals surface area contributed by atoms with Crippen molar-refractivity contribution in [1.82, 2.24) is 5.32 Å². The largest absolute Gasteiger partial charge is 0.462 e. The SMILES string of the molecule is CC[C@@]1(C)N[C@H](c2ccccc2)COC1=O. The number of esters is 1. The Morgan fingerprint density at radius 2 is 2.12 bits per heavy atom. The van der Waals surface area contributed by atoms with E-state index in [0.717, 1.165) is 12.0 Å². The van der Waals surface area contributed by atoms with Crippen LogP contribution in [-0.2, 0) is 9.53 Å². The van der Waals surface area contributed by atoms with Crippen LogP contribution in [0.3, 0.4) is 0 Å². The highest BCUT2D eigenvalue weighted by molar-refractivity contribution is 5.81. The van der Waals surface area contributed by atoms with Crippen LogP contribution in [0.4, 0.5) is 0 Å². The van der Waals surface area contributed by atoms with Crippen molar-refractivity contribution in [2.75, 3.05) is 6.61 Å². The first kappa shape index (κ1) is 11.1. The monoisotopic (exact) mass is 219 g/mol. The zero-order chi connectivity index (χ0) is 11.6. The molecule has 0 amide bonds. The van der Waals surface area contributed by atoms with Crippen molar-refractivity contribution in [2.24, 2.45) is 0 Å². The van der Waals surface area contributed by atoms with E-state index in [0.29, 0.717) is 6.61 Å². The van der Waals surface area contributed by atoms with Crippen LogP contribution in [0.1, 0.15) is 31.9 Å². The summed E-state index contributed by atoms with van der Waals surface area (Å²) in [6.45, 7) is 4.30. The molecule has 0 bridgehead atoms. The minimum Gasteiger partial charge on any atom is -0.462 e. The van der Waals surface area contributed by atoms with Crippen LogP contribution >= 0.6 is 0 Å². The van der Waals surface area contributed by atoms with E-state index in [1.165, 1.54) is 0 Å². The molecule has 1 N–H and O–H groups in total. The number of carbonyl (C=O) groups is 1. The molecule has 1 aromatic rings. The summed E-state index contributed by atoms with van der Waals surface area (Å²) in [6.07, 6.45) is 0.731. The summed E-state index contributed by atoms with van der Waals surface area (Å²) in [5.41, 5.74) is 0.605. The quantitative estimate of drug-likeness (QED) is 0.774. The Kier molecular flexibility index (Phi) is 2.97. The Morgan fingerprint density at radius 3 is 2.75 bits per heavy atom. The van der Waals surface area contributed by atoms with Gasteiger partial charge in [0.2, 0.25) is 0 Å². The van der Waals surface area contributed by atoms with Crippen LogP contribution in [0, 0.1) is 0 Å². The van der Waals surface area contributed by atoms with E-state index in [1.807, 2.05) is 44.2 Å². The van der Waals surface area contributed by atoms with E-state index in [1.54, 1.807) is 0 Å². The zero-order valence-electron chi connectivity index (χ0n) is 9.69. The van der Waals surface area contributed by atoms with E-state index < -0.39 is 5.54 Å². The van der Waals surface area contributed by atoms with Crippen LogP contribution in [0.5, 0.6) is 0 Å². The molecule has 0 radical (unpaired) electrons. The van der Waals surface area contributed by atoms with Crippen molar-refractivity contribution in [3.8, 4) is 0 Å². The molecular weight excluding hydrogens is 202 g/mol. The minimum absolute atomic E-state index is 0.101. The molecule has 0 unspecified atom stereocenters. The van der Waals surface area contributed by atoms with Crippen LogP contribution in [0.2, 0.25) is 0 Å². The van der Waals surface area contributed by atoms with Gasteiger partial charge in [0, 0.05) is 0 Å². The van der Waals surface area contributed by atoms with Gasteiger partial charge in [-0.3, -0.25) is 10.1 Å². The number of carbonyl (C=O) groups excluding carboxylic acids is 1. The van der Waals surface area contributed by atoms with Crippen molar-refractivity contribution in [2.45, 2.75) is 31.8 Å². The molecule has 1 saturated heterocycles. The summed E-state index contributed by atoms with van der Waals surface area (Å²) in [4.78, 5) is 11.6. The first-order valence-electron chi connectivity index (χ1n) is 5.65. The molecule has 0 spiro atoms. The van der Waals surface area contributed by atoms with Crippen molar-refractivity contribution >= 4 is 5.97 Å². The molecule has 0 aromatic heterocycles. The van der Waals surface area contributed by atoms with Gasteiger partial charge in [0.15, 0.2) is 0 Å². The molecule has 1 heterocycles. The number of hydrogen-bond donors (Lipinski definition) is 1. The summed E-state index contributed by atoms with van der Waals surface area (Å²) in [5.74, 6) is -0.151. The average Bonchev–Trinajstić information content (AvgIpc) is 2.34. The normalized spacial score (nSPS) is 29.9. The predicted molar refractivity (Wildman–Crippen MR) is 62.0 cm³/mol. The first-order valence-corrected chi connectivity index (χ1v) is 5.65. The van der Waals surface area contributed by atoms with E-state index >= 15 is 0 Å². The zero-order valence-corrected chi connectivity index (χ0v) is 9.69. The number of hydrogen-bond acceptors (Lipinski definition) is 3. The van der Waals surface area contributed by atoms with Gasteiger partial charge in [0.25, 0.3) is 0 Å². The average molecular weight is 219 g/mol. The van der Waals surface area contributed by atoms with Gasteiger partial charge in [-0.05, 0) is 18.9 Å². The number of cyclic esters (lactones) is 1. The Hall–Kier alpha value is -1.35. The first-order chi connectivity index (χ1) is 7.65. The number of ether oxygens (including phenoxy) is 1. The highest BCUT2D eigenvalue weighted by Crippen LogP contribution is 2.25. The van der Waals surface area contributed by atoms with Crippen LogP contribution in [0.25, 0.3) is 0 Å². The third-order valence-electron chi connectivity index (χ3n) is 3.23. The lowest BCUT2D eigenvalue weighted by Crippen LogP contribution is -2.56. The van der Waals surface area contributed by atoms with Crippen LogP contribution in [0.15, 0.2) is 30.3 Å². The number of rotatable bonds is 2. The van der Waals surface area contributed by atoms with E-state index in [9.17, 15) is 4.79 Å². The summed E-state index contributed by atoms with van der Waals surface area (Å²) in [6, 6.07) is 10.2. The third kappa shape index (κ3) is 1.95. The molecule has 0 aliphatic carbocycles. The fourth-order valence-electron chi connectivity index (χ4n) is 1.91. The van der Waals surface area contributed by atoms with Crippen molar-refractivity contribution in [3.63, 3.8) is 0 Å². The Morgan fingerprint density at radius 1 is 1.44 bits per heavy atom. The second kappa shape index (κ2) is 4.26. The lowest BCUT2D eigenvalue weighted by molar-refractivity contribution is -0.158. The van der Waals surface area contributed by atoms with Gasteiger partial charge >= 0.3 is 5.97 Å². The highest BCUT2D eigenvalue weighted by atomic mass is 16.5. The fourth-order valence-corrected chi connectivity index (χ4v) is 1.91. The minimum atomic E-state index is -0.557. The lowest BCUT2D eigenvalue weighted by atomic mass is 9.94. The van der Waals surface area contributed by atoms with Gasteiger partial charge in [0.05, 0.1) is 6.04 Å². The van der Waals surface area contributed by atoms with Gasteiger partial charge in [-0.15, -0.1) is 0 Å². The number of benzene rings is 1. The molecule has 1 aliphatic heterocycles. The summed E-state index contributed by atoms with van der Waals surface area (Å²) >= 11 is 0. The molecular formula is C13H17NO2. The smallest absolute Gasteiger partial charge is 0.326 e. The fraction of sp³-hybridized carbons (Fsp3) is 0.462. The summed E-state index contributed by atoms with van der Waals surface area (Å²) in [7, 11) is 0. The maximum absolute atomic E-state index is 11.6. The van der Waals surface area contributed by atoms with E-state index in [2.05, 4.69) is 5.32 Å². The van der Waals surface area contributed by atoms with Gasteiger partial charge in [-0.25, -0.2) is 0 Å². The molecule has 0 saturated carbocycles. The van der Waals surface area contributed by atoms with Crippen LogP contribution < -0.4 is 5.32 Å². The predicted octanol–water partition coefficient (Wildman–Crippen LogP) is 2.04. The van der Waals surface area contributed by atoms with Crippen molar-refractivity contribution in [3.05, 3.63) is 35.9 Å². The molecule has 1 fully saturated rings. The standard InChI is InChI=1S/C13H17NO2/c1-3-13(2)12(15)16-9-11(14-13)10-7-5-4-6-8-10/h4-8,11,14H,3,9H2,1-2H3/t11-,13+/m0/s1. The maximum atomic E-state index is 11.6. The van der Waals surface area contributed by atoms with Crippen LogP contribution in [-0.4, -0.2) is 18.1 Å². The second-order valence-electron chi connectivity index (χ2n) is 4.39. The third-order valence-corrected chi connectivity index (χ3v) is 3.23. The van der Waals surface area contributed by atoms with Gasteiger partial charge in [0.1, 0.15) is 12.1 Å². The topological polar surface area (TPSA) is 38.3 Å². The lowest BCUT2D eigenvalue weighted by Gasteiger charge is -2.37. The van der Waals surface area contributed by atoms with Gasteiger partial charge in [-0.1, -0.05) is 37.3 Å². The molecule has 3 heteroatoms. The van der Waals surface area contributed by atoms with Crippen molar-refractivity contribution in [1.29, 1.82) is 0 Å². The van der Waals surface area contributed by atoms with Crippen molar-refractivity contribution < 1.29 is 9.53 Å². The molecule has 1 aromatic carbocycles. The Labute approximate surface area is 95.8 Å². The maximum Gasteiger partial charge on any atom is 0.326 e. The molecule has 86 valence electrons. The van der Waals surface area contributed by atoms with E-state index in [4.69, 9.17) is 4.74 Å². The highest BCUT2D eigenvalue weighted by Gasteiger charge is 2.39. The van der Waals surface area contributed by atoms with Gasteiger partial charge in [-0.2, -0.15) is 0 Å². The number of morpholine rings is 1. The Bertz CT molecular complexity index is 377. The molecule has 2 rings (SSSR count). The summed E-state index contributed by atoms with van der Waals surface area (Å²) < 4.78 is 5.25. The molecule has 3 nitrogen and oxygen atoms in total.